The first-order valence-corrected chi connectivity index (χ1v) is 13.0. The number of sulfonamides is 1. The van der Waals surface area contributed by atoms with Crippen LogP contribution >= 0.6 is 11.3 Å². The summed E-state index contributed by atoms with van der Waals surface area (Å²) in [6.07, 6.45) is 3.90. The van der Waals surface area contributed by atoms with Gasteiger partial charge in [-0.15, -0.1) is 0 Å². The van der Waals surface area contributed by atoms with Crippen LogP contribution in [0.3, 0.4) is 0 Å². The fraction of sp³-hybridized carbons (Fsp3) is 0.250. The molecule has 0 radical (unpaired) electrons. The Balaban J connectivity index is 1.35. The zero-order chi connectivity index (χ0) is 22.1. The summed E-state index contributed by atoms with van der Waals surface area (Å²) in [7, 11) is -3.53. The van der Waals surface area contributed by atoms with E-state index in [1.807, 2.05) is 36.4 Å². The first kappa shape index (κ1) is 21.1. The molecule has 0 atom stereocenters. The summed E-state index contributed by atoms with van der Waals surface area (Å²) >= 11 is 1.42. The minimum Gasteiger partial charge on any atom is -0.298 e. The smallest absolute Gasteiger partial charge is 0.257 e. The highest BCUT2D eigenvalue weighted by atomic mass is 32.2. The van der Waals surface area contributed by atoms with Gasteiger partial charge >= 0.3 is 0 Å². The van der Waals surface area contributed by atoms with Crippen molar-refractivity contribution in [3.8, 4) is 0 Å². The van der Waals surface area contributed by atoms with Crippen molar-refractivity contribution in [3.05, 3.63) is 66.2 Å². The molecule has 32 heavy (non-hydrogen) atoms. The fourth-order valence-corrected chi connectivity index (χ4v) is 6.49. The molecule has 3 aromatic carbocycles. The lowest BCUT2D eigenvalue weighted by atomic mass is 10.1. The van der Waals surface area contributed by atoms with E-state index in [2.05, 4.69) is 10.3 Å². The number of fused-ring (bicyclic) bond motifs is 3. The van der Waals surface area contributed by atoms with Gasteiger partial charge in [0.15, 0.2) is 5.13 Å². The SMILES string of the molecule is O=C(Nc1nc2c(ccc3ccccc32)s1)c1ccc(S(=O)(=O)N2CCCCCC2)cc1. The predicted octanol–water partition coefficient (Wildman–Crippen LogP) is 5.27. The van der Waals surface area contributed by atoms with Crippen molar-refractivity contribution in [2.45, 2.75) is 30.6 Å². The highest BCUT2D eigenvalue weighted by Crippen LogP contribution is 2.32. The van der Waals surface area contributed by atoms with E-state index in [1.54, 1.807) is 16.4 Å². The van der Waals surface area contributed by atoms with E-state index in [9.17, 15) is 13.2 Å². The molecular formula is C24H23N3O3S2. The third kappa shape index (κ3) is 4.01. The van der Waals surface area contributed by atoms with Gasteiger partial charge in [-0.2, -0.15) is 4.31 Å². The van der Waals surface area contributed by atoms with Crippen molar-refractivity contribution >= 4 is 53.4 Å². The van der Waals surface area contributed by atoms with Crippen LogP contribution in [-0.2, 0) is 10.0 Å². The molecule has 5 rings (SSSR count). The summed E-state index contributed by atoms with van der Waals surface area (Å²) in [4.78, 5) is 17.6. The molecule has 1 N–H and O–H groups in total. The maximum atomic E-state index is 12.9. The summed E-state index contributed by atoms with van der Waals surface area (Å²) in [6, 6.07) is 18.2. The van der Waals surface area contributed by atoms with Gasteiger partial charge in [-0.3, -0.25) is 10.1 Å². The number of benzene rings is 3. The fourth-order valence-electron chi connectivity index (χ4n) is 4.09. The number of aromatic nitrogens is 1. The Morgan fingerprint density at radius 2 is 1.62 bits per heavy atom. The molecule has 0 spiro atoms. The zero-order valence-electron chi connectivity index (χ0n) is 17.5. The summed E-state index contributed by atoms with van der Waals surface area (Å²) in [5, 5.41) is 5.51. The number of carbonyl (C=O) groups excluding carboxylic acids is 1. The maximum absolute atomic E-state index is 12.9. The molecule has 1 amide bonds. The van der Waals surface area contributed by atoms with E-state index < -0.39 is 10.0 Å². The van der Waals surface area contributed by atoms with Crippen LogP contribution in [0.2, 0.25) is 0 Å². The van der Waals surface area contributed by atoms with Gasteiger partial charge in [0.25, 0.3) is 5.91 Å². The average Bonchev–Trinajstić information content (AvgIpc) is 3.02. The molecule has 164 valence electrons. The highest BCUT2D eigenvalue weighted by Gasteiger charge is 2.25. The molecule has 1 fully saturated rings. The summed E-state index contributed by atoms with van der Waals surface area (Å²) < 4.78 is 28.4. The van der Waals surface area contributed by atoms with Crippen molar-refractivity contribution < 1.29 is 13.2 Å². The molecule has 0 aliphatic carbocycles. The van der Waals surface area contributed by atoms with Crippen LogP contribution in [0.1, 0.15) is 36.0 Å². The van der Waals surface area contributed by atoms with E-state index in [0.717, 1.165) is 46.7 Å². The molecule has 6 nitrogen and oxygen atoms in total. The largest absolute Gasteiger partial charge is 0.298 e. The summed E-state index contributed by atoms with van der Waals surface area (Å²) in [5.74, 6) is -0.313. The van der Waals surface area contributed by atoms with Crippen LogP contribution in [0.25, 0.3) is 21.0 Å². The van der Waals surface area contributed by atoms with Gasteiger partial charge in [-0.25, -0.2) is 13.4 Å². The molecule has 1 saturated heterocycles. The number of hydrogen-bond acceptors (Lipinski definition) is 5. The monoisotopic (exact) mass is 465 g/mol. The quantitative estimate of drug-likeness (QED) is 0.445. The molecular weight excluding hydrogens is 442 g/mol. The lowest BCUT2D eigenvalue weighted by molar-refractivity contribution is 0.102. The highest BCUT2D eigenvalue weighted by molar-refractivity contribution is 7.89. The number of anilines is 1. The van der Waals surface area contributed by atoms with Crippen LogP contribution in [0.4, 0.5) is 5.13 Å². The Hall–Kier alpha value is -2.81. The van der Waals surface area contributed by atoms with Crippen molar-refractivity contribution in [2.75, 3.05) is 18.4 Å². The predicted molar refractivity (Wildman–Crippen MR) is 129 cm³/mol. The Bertz CT molecular complexity index is 1390. The summed E-state index contributed by atoms with van der Waals surface area (Å²) in [5.41, 5.74) is 1.26. The van der Waals surface area contributed by atoms with Gasteiger partial charge in [-0.05, 0) is 48.6 Å². The van der Waals surface area contributed by atoms with Crippen LogP contribution in [-0.4, -0.2) is 36.7 Å². The van der Waals surface area contributed by atoms with Crippen LogP contribution < -0.4 is 5.32 Å². The van der Waals surface area contributed by atoms with E-state index in [-0.39, 0.29) is 10.8 Å². The molecule has 1 aliphatic rings. The zero-order valence-corrected chi connectivity index (χ0v) is 19.1. The Labute approximate surface area is 190 Å². The molecule has 4 aromatic rings. The second-order valence-corrected chi connectivity index (χ2v) is 10.9. The minimum atomic E-state index is -3.53. The van der Waals surface area contributed by atoms with Crippen molar-refractivity contribution in [1.82, 2.24) is 9.29 Å². The van der Waals surface area contributed by atoms with E-state index >= 15 is 0 Å². The molecule has 0 unspecified atom stereocenters. The number of nitrogens with zero attached hydrogens (tertiary/aromatic N) is 2. The van der Waals surface area contributed by atoms with Crippen molar-refractivity contribution in [3.63, 3.8) is 0 Å². The number of nitrogens with one attached hydrogen (secondary N) is 1. The van der Waals surface area contributed by atoms with Gasteiger partial charge in [0, 0.05) is 24.0 Å². The van der Waals surface area contributed by atoms with E-state index in [0.29, 0.717) is 23.8 Å². The van der Waals surface area contributed by atoms with Gasteiger partial charge in [-0.1, -0.05) is 54.5 Å². The second kappa shape index (κ2) is 8.61. The normalized spacial score (nSPS) is 15.6. The number of amides is 1. The van der Waals surface area contributed by atoms with Gasteiger partial charge in [0.1, 0.15) is 0 Å². The number of carbonyl (C=O) groups is 1. The molecule has 8 heteroatoms. The van der Waals surface area contributed by atoms with Gasteiger partial charge in [0.05, 0.1) is 15.1 Å². The number of hydrogen-bond donors (Lipinski definition) is 1. The van der Waals surface area contributed by atoms with Crippen LogP contribution in [0.15, 0.2) is 65.6 Å². The maximum Gasteiger partial charge on any atom is 0.257 e. The Kier molecular flexibility index (Phi) is 5.67. The first-order chi connectivity index (χ1) is 15.5. The number of rotatable bonds is 4. The van der Waals surface area contributed by atoms with Crippen molar-refractivity contribution in [2.24, 2.45) is 0 Å². The van der Waals surface area contributed by atoms with Crippen molar-refractivity contribution in [1.29, 1.82) is 0 Å². The lowest BCUT2D eigenvalue weighted by Crippen LogP contribution is -2.31. The minimum absolute atomic E-state index is 0.224. The van der Waals surface area contributed by atoms with E-state index in [4.69, 9.17) is 0 Å². The molecule has 0 bridgehead atoms. The molecule has 2 heterocycles. The van der Waals surface area contributed by atoms with Crippen LogP contribution in [0, 0.1) is 0 Å². The third-order valence-corrected chi connectivity index (χ3v) is 8.67. The first-order valence-electron chi connectivity index (χ1n) is 10.7. The third-order valence-electron chi connectivity index (χ3n) is 5.82. The molecule has 1 aliphatic heterocycles. The van der Waals surface area contributed by atoms with Gasteiger partial charge < -0.3 is 0 Å². The average molecular weight is 466 g/mol. The van der Waals surface area contributed by atoms with E-state index in [1.165, 1.54) is 23.5 Å². The topological polar surface area (TPSA) is 79.4 Å². The number of thiazole rings is 1. The van der Waals surface area contributed by atoms with Gasteiger partial charge in [0.2, 0.25) is 10.0 Å². The lowest BCUT2D eigenvalue weighted by Gasteiger charge is -2.20. The molecule has 1 aromatic heterocycles. The second-order valence-electron chi connectivity index (χ2n) is 7.95. The van der Waals surface area contributed by atoms with Crippen LogP contribution in [0.5, 0.6) is 0 Å². The summed E-state index contributed by atoms with van der Waals surface area (Å²) in [6.45, 7) is 1.10. The standard InChI is InChI=1S/C24H23N3O3S2/c28-23(26-24-25-22-20-8-4-3-7-17(20)11-14-21(22)31-24)18-9-12-19(13-10-18)32(29,30)27-15-5-1-2-6-16-27/h3-4,7-14H,1-2,5-6,15-16H2,(H,25,26,28). The molecule has 0 saturated carbocycles. The Morgan fingerprint density at radius 1 is 0.906 bits per heavy atom. The Morgan fingerprint density at radius 3 is 2.38 bits per heavy atom.